The molecule has 2 amide bonds. The van der Waals surface area contributed by atoms with Crippen LogP contribution in [0.4, 0.5) is 0 Å². The second kappa shape index (κ2) is 20.9. The summed E-state index contributed by atoms with van der Waals surface area (Å²) in [6.07, 6.45) is 8.76. The van der Waals surface area contributed by atoms with Crippen LogP contribution >= 0.6 is 11.3 Å². The van der Waals surface area contributed by atoms with E-state index in [2.05, 4.69) is 15.2 Å². The minimum Gasteiger partial charge on any atom is -0.469 e. The molecule has 11 nitrogen and oxygen atoms in total. The first-order valence-electron chi connectivity index (χ1n) is 19.8. The van der Waals surface area contributed by atoms with Gasteiger partial charge in [-0.15, -0.1) is 11.3 Å². The van der Waals surface area contributed by atoms with Gasteiger partial charge in [0.1, 0.15) is 10.7 Å². The number of esters is 2. The van der Waals surface area contributed by atoms with Gasteiger partial charge in [0.25, 0.3) is 5.91 Å². The molecule has 54 heavy (non-hydrogen) atoms. The molecule has 2 fully saturated rings. The van der Waals surface area contributed by atoms with Crippen molar-refractivity contribution in [1.29, 1.82) is 0 Å². The van der Waals surface area contributed by atoms with Crippen molar-refractivity contribution >= 4 is 40.9 Å². The largest absolute Gasteiger partial charge is 0.469 e. The molecule has 0 unspecified atom stereocenters. The quantitative estimate of drug-likeness (QED) is 0.163. The van der Waals surface area contributed by atoms with E-state index in [9.17, 15) is 24.0 Å². The highest BCUT2D eigenvalue weighted by Crippen LogP contribution is 2.36. The van der Waals surface area contributed by atoms with E-state index >= 15 is 0 Å². The number of carbonyl (C=O) groups excluding carboxylic acids is 5. The van der Waals surface area contributed by atoms with Crippen molar-refractivity contribution in [3.8, 4) is 0 Å². The maximum Gasteiger partial charge on any atom is 0.308 e. The van der Waals surface area contributed by atoms with E-state index in [0.29, 0.717) is 17.8 Å². The maximum absolute atomic E-state index is 14.6. The van der Waals surface area contributed by atoms with Crippen LogP contribution in [0.1, 0.15) is 125 Å². The number of ether oxygens (including phenoxy) is 2. The zero-order valence-corrected chi connectivity index (χ0v) is 34.2. The zero-order valence-electron chi connectivity index (χ0n) is 33.4. The van der Waals surface area contributed by atoms with Gasteiger partial charge in [0.15, 0.2) is 11.9 Å². The average molecular weight is 767 g/mol. The Morgan fingerprint density at radius 3 is 2.30 bits per heavy atom. The third-order valence-electron chi connectivity index (χ3n) is 11.4. The Morgan fingerprint density at radius 2 is 1.67 bits per heavy atom. The van der Waals surface area contributed by atoms with Gasteiger partial charge >= 0.3 is 11.9 Å². The first-order chi connectivity index (χ1) is 25.8. The highest BCUT2D eigenvalue weighted by molar-refractivity contribution is 7.09. The van der Waals surface area contributed by atoms with Gasteiger partial charge in [-0.1, -0.05) is 76.8 Å². The molecule has 1 aliphatic heterocycles. The fourth-order valence-electron chi connectivity index (χ4n) is 8.36. The lowest BCUT2D eigenvalue weighted by atomic mass is 9.76. The number of ketones is 1. The molecule has 1 aromatic heterocycles. The minimum atomic E-state index is -0.790. The average Bonchev–Trinajstić information content (AvgIpc) is 3.66. The van der Waals surface area contributed by atoms with Crippen LogP contribution in [-0.2, 0) is 35.1 Å². The third kappa shape index (κ3) is 12.2. The Morgan fingerprint density at radius 1 is 0.981 bits per heavy atom. The van der Waals surface area contributed by atoms with E-state index in [1.54, 1.807) is 17.2 Å². The number of hydrogen-bond donors (Lipinski definition) is 1. The summed E-state index contributed by atoms with van der Waals surface area (Å²) in [5.74, 6) is -1.76. The number of carbonyl (C=O) groups is 5. The number of thiazole rings is 1. The number of amides is 2. The van der Waals surface area contributed by atoms with Crippen LogP contribution in [0.3, 0.4) is 0 Å². The number of hydrogen-bond acceptors (Lipinski definition) is 10. The Bertz CT molecular complexity index is 1540. The molecule has 1 N–H and O–H groups in total. The van der Waals surface area contributed by atoms with Gasteiger partial charge in [0, 0.05) is 50.2 Å². The van der Waals surface area contributed by atoms with Gasteiger partial charge in [-0.05, 0) is 69.5 Å². The van der Waals surface area contributed by atoms with E-state index in [-0.39, 0.29) is 66.2 Å². The number of piperidine rings is 1. The molecule has 6 atom stereocenters. The lowest BCUT2D eigenvalue weighted by Crippen LogP contribution is -2.48. The molecular formula is C42H62N4O7S. The molecule has 1 aromatic carbocycles. The topological polar surface area (TPSA) is 135 Å². The molecule has 0 spiro atoms. The number of nitrogens with zero attached hydrogens (tertiary/aromatic N) is 3. The molecule has 1 saturated heterocycles. The zero-order chi connectivity index (χ0) is 39.4. The number of benzene rings is 1. The van der Waals surface area contributed by atoms with Crippen LogP contribution < -0.4 is 5.32 Å². The summed E-state index contributed by atoms with van der Waals surface area (Å²) in [6.45, 7) is 8.10. The normalized spacial score (nSPS) is 19.6. The van der Waals surface area contributed by atoms with Gasteiger partial charge in [-0.25, -0.2) is 4.98 Å². The Labute approximate surface area is 325 Å². The molecule has 2 aromatic rings. The van der Waals surface area contributed by atoms with Crippen LogP contribution in [0.2, 0.25) is 0 Å². The van der Waals surface area contributed by atoms with Gasteiger partial charge < -0.3 is 19.7 Å². The summed E-state index contributed by atoms with van der Waals surface area (Å²) >= 11 is 1.23. The molecule has 12 heteroatoms. The second-order valence-electron chi connectivity index (χ2n) is 15.9. The van der Waals surface area contributed by atoms with Crippen molar-refractivity contribution < 1.29 is 33.4 Å². The first kappa shape index (κ1) is 43.1. The van der Waals surface area contributed by atoms with Crippen molar-refractivity contribution in [2.45, 2.75) is 129 Å². The van der Waals surface area contributed by atoms with E-state index in [4.69, 9.17) is 9.47 Å². The van der Waals surface area contributed by atoms with Crippen LogP contribution in [0.15, 0.2) is 35.7 Å². The number of methoxy groups -OCH3 is 1. The molecule has 0 radical (unpaired) electrons. The van der Waals surface area contributed by atoms with Crippen LogP contribution in [0.25, 0.3) is 0 Å². The number of aromatic nitrogens is 1. The van der Waals surface area contributed by atoms with E-state index in [0.717, 1.165) is 63.5 Å². The molecular weight excluding hydrogens is 705 g/mol. The number of likely N-dealkylation sites (tertiary alicyclic amines) is 1. The highest BCUT2D eigenvalue weighted by atomic mass is 32.1. The summed E-state index contributed by atoms with van der Waals surface area (Å²) in [5, 5.41) is 5.18. The Hall–Kier alpha value is -3.64. The summed E-state index contributed by atoms with van der Waals surface area (Å²) in [7, 11) is 5.18. The predicted molar refractivity (Wildman–Crippen MR) is 210 cm³/mol. The molecule has 2 aliphatic rings. The van der Waals surface area contributed by atoms with Crippen molar-refractivity contribution in [3.63, 3.8) is 0 Å². The van der Waals surface area contributed by atoms with Gasteiger partial charge in [0.2, 0.25) is 5.91 Å². The molecule has 298 valence electrons. The Balaban J connectivity index is 1.53. The van der Waals surface area contributed by atoms with Gasteiger partial charge in [-0.3, -0.25) is 28.9 Å². The SMILES string of the molecule is COC(=O)[C@@H](C)C[C@H](Cc1ccccc1)NC(=O)c1csc([C@@H](C[C@H](C(C)C)N(C)C(=O)[C@@H](CC(=O)[C@H]2CCCCN2C)C2CCCCC2)OC(C)=O)n1. The maximum atomic E-state index is 14.6. The molecule has 2 heterocycles. The summed E-state index contributed by atoms with van der Waals surface area (Å²) in [4.78, 5) is 75.2. The lowest BCUT2D eigenvalue weighted by Gasteiger charge is -2.39. The van der Waals surface area contributed by atoms with Crippen molar-refractivity contribution in [3.05, 3.63) is 52.0 Å². The van der Waals surface area contributed by atoms with Crippen molar-refractivity contribution in [2.75, 3.05) is 27.7 Å². The van der Waals surface area contributed by atoms with Crippen molar-refractivity contribution in [1.82, 2.24) is 20.1 Å². The fraction of sp³-hybridized carbons (Fsp3) is 0.667. The molecule has 4 rings (SSSR count). The highest BCUT2D eigenvalue weighted by Gasteiger charge is 2.39. The van der Waals surface area contributed by atoms with E-state index in [1.165, 1.54) is 25.4 Å². The summed E-state index contributed by atoms with van der Waals surface area (Å²) < 4.78 is 10.8. The van der Waals surface area contributed by atoms with E-state index < -0.39 is 29.8 Å². The number of Topliss-reactive ketones (excluding diaryl/α,β-unsaturated/α-hetero) is 1. The standard InChI is InChI=1S/C42H62N4O7S/c1-27(2)36(46(6)41(50)33(31-18-12-9-13-19-31)24-37(48)35-20-14-15-21-45(35)5)25-38(53-29(4)47)40-44-34(26-54-40)39(49)43-32(22-28(3)42(51)52-7)23-30-16-10-8-11-17-30/h8,10-11,16-17,26-28,31-33,35-36,38H,9,12-15,18-25H2,1-7H3,(H,43,49)/t28-,32+,33-,35+,36+,38+/m0/s1. The fourth-order valence-corrected chi connectivity index (χ4v) is 9.20. The molecule has 0 bridgehead atoms. The summed E-state index contributed by atoms with van der Waals surface area (Å²) in [6, 6.07) is 8.91. The monoisotopic (exact) mass is 766 g/mol. The lowest BCUT2D eigenvalue weighted by molar-refractivity contribution is -0.150. The van der Waals surface area contributed by atoms with Crippen molar-refractivity contribution in [2.24, 2.45) is 23.7 Å². The third-order valence-corrected chi connectivity index (χ3v) is 12.3. The number of likely N-dealkylation sites (N-methyl/N-ethyl adjacent to an activating group) is 1. The van der Waals surface area contributed by atoms with Gasteiger partial charge in [-0.2, -0.15) is 0 Å². The van der Waals surface area contributed by atoms with Crippen LogP contribution in [-0.4, -0.2) is 90.2 Å². The van der Waals surface area contributed by atoms with Gasteiger partial charge in [0.05, 0.1) is 19.1 Å². The van der Waals surface area contributed by atoms with Crippen LogP contribution in [0.5, 0.6) is 0 Å². The first-order valence-corrected chi connectivity index (χ1v) is 20.7. The smallest absolute Gasteiger partial charge is 0.308 e. The second-order valence-corrected chi connectivity index (χ2v) is 16.7. The Kier molecular flexibility index (Phi) is 16.7. The predicted octanol–water partition coefficient (Wildman–Crippen LogP) is 6.80. The number of nitrogens with one attached hydrogen (secondary N) is 1. The molecule has 1 saturated carbocycles. The van der Waals surface area contributed by atoms with Crippen LogP contribution in [0, 0.1) is 23.7 Å². The molecule has 1 aliphatic carbocycles. The summed E-state index contributed by atoms with van der Waals surface area (Å²) in [5.41, 5.74) is 1.20. The number of rotatable bonds is 18. The van der Waals surface area contributed by atoms with E-state index in [1.807, 2.05) is 58.3 Å². The minimum absolute atomic E-state index is 0.00229.